The van der Waals surface area contributed by atoms with Gasteiger partial charge in [-0.15, -0.1) is 10.1 Å². The fourth-order valence-corrected chi connectivity index (χ4v) is 3.69. The van der Waals surface area contributed by atoms with Gasteiger partial charge in [0, 0.05) is 12.3 Å². The number of rotatable bonds is 7. The summed E-state index contributed by atoms with van der Waals surface area (Å²) in [6, 6.07) is -0.409. The van der Waals surface area contributed by atoms with Crippen molar-refractivity contribution >= 4 is 22.9 Å². The lowest BCUT2D eigenvalue weighted by Crippen LogP contribution is -2.44. The van der Waals surface area contributed by atoms with Gasteiger partial charge < -0.3 is 15.5 Å². The second kappa shape index (κ2) is 8.21. The molecule has 0 aromatic heterocycles. The van der Waals surface area contributed by atoms with Crippen LogP contribution in [0.15, 0.2) is 0 Å². The van der Waals surface area contributed by atoms with Crippen LogP contribution in [0.1, 0.15) is 32.1 Å². The predicted molar refractivity (Wildman–Crippen MR) is 80.8 cm³/mol. The van der Waals surface area contributed by atoms with Crippen molar-refractivity contribution in [2.24, 2.45) is 11.8 Å². The van der Waals surface area contributed by atoms with Crippen LogP contribution in [0.25, 0.3) is 0 Å². The molecule has 0 aromatic carbocycles. The lowest BCUT2D eigenvalue weighted by molar-refractivity contribution is -0.758. The molecule has 2 aliphatic rings. The highest BCUT2D eigenvalue weighted by Gasteiger charge is 2.28. The molecule has 2 rings (SSSR count). The minimum Gasteiger partial charge on any atom is -0.354 e. The minimum atomic E-state index is -0.749. The summed E-state index contributed by atoms with van der Waals surface area (Å²) in [6.45, 7) is 0.798. The SMILES string of the molecule is O=C1NC(C(=O)NCC2CCC(CCO[N+](=O)[O-])CC2)CS1. The zero-order valence-corrected chi connectivity index (χ0v) is 13.1. The van der Waals surface area contributed by atoms with Gasteiger partial charge in [0.05, 0.1) is 6.61 Å². The summed E-state index contributed by atoms with van der Waals surface area (Å²) in [5.41, 5.74) is 0. The van der Waals surface area contributed by atoms with E-state index in [4.69, 9.17) is 0 Å². The lowest BCUT2D eigenvalue weighted by Gasteiger charge is -2.28. The van der Waals surface area contributed by atoms with E-state index >= 15 is 0 Å². The first-order chi connectivity index (χ1) is 10.5. The molecular weight excluding hydrogens is 310 g/mol. The molecule has 22 heavy (non-hydrogen) atoms. The number of amides is 2. The molecule has 0 aromatic rings. The molecule has 1 saturated heterocycles. The van der Waals surface area contributed by atoms with Crippen molar-refractivity contribution in [3.63, 3.8) is 0 Å². The number of hydrogen-bond donors (Lipinski definition) is 2. The van der Waals surface area contributed by atoms with Gasteiger partial charge in [0.15, 0.2) is 0 Å². The van der Waals surface area contributed by atoms with E-state index in [1.54, 1.807) is 0 Å². The minimum absolute atomic E-state index is 0.111. The fraction of sp³-hybridized carbons (Fsp3) is 0.846. The Labute approximate surface area is 132 Å². The van der Waals surface area contributed by atoms with Crippen molar-refractivity contribution in [1.29, 1.82) is 0 Å². The highest BCUT2D eigenvalue weighted by Crippen LogP contribution is 2.30. The molecule has 0 bridgehead atoms. The summed E-state index contributed by atoms with van der Waals surface area (Å²) >= 11 is 1.13. The third-order valence-electron chi connectivity index (χ3n) is 4.24. The second-order valence-electron chi connectivity index (χ2n) is 5.77. The standard InChI is InChI=1S/C13H21N3O5S/c17-12(11-8-22-13(18)15-11)14-7-10-3-1-9(2-4-10)5-6-21-16(19)20/h9-11H,1-8H2,(H,14,17)(H,15,18). The van der Waals surface area contributed by atoms with Crippen LogP contribution in [0.4, 0.5) is 4.79 Å². The average Bonchev–Trinajstić information content (AvgIpc) is 2.92. The summed E-state index contributed by atoms with van der Waals surface area (Å²) in [7, 11) is 0. The number of hydrogen-bond acceptors (Lipinski definition) is 6. The summed E-state index contributed by atoms with van der Waals surface area (Å²) < 4.78 is 0. The molecule has 0 spiro atoms. The van der Waals surface area contributed by atoms with E-state index in [-0.39, 0.29) is 17.8 Å². The highest BCUT2D eigenvalue weighted by atomic mass is 32.2. The highest BCUT2D eigenvalue weighted by molar-refractivity contribution is 8.14. The Bertz CT molecular complexity index is 426. The molecule has 2 amide bonds. The third kappa shape index (κ3) is 5.36. The van der Waals surface area contributed by atoms with E-state index in [0.29, 0.717) is 30.6 Å². The van der Waals surface area contributed by atoms with Gasteiger partial charge in [-0.3, -0.25) is 9.59 Å². The first kappa shape index (κ1) is 16.9. The zero-order chi connectivity index (χ0) is 15.9. The number of nitrogens with zero attached hydrogens (tertiary/aromatic N) is 1. The van der Waals surface area contributed by atoms with Crippen molar-refractivity contribution in [2.45, 2.75) is 38.1 Å². The third-order valence-corrected chi connectivity index (χ3v) is 5.12. The maximum atomic E-state index is 11.9. The molecule has 1 aliphatic carbocycles. The summed E-state index contributed by atoms with van der Waals surface area (Å²) in [6.07, 6.45) is 4.75. The van der Waals surface area contributed by atoms with Crippen LogP contribution in [0, 0.1) is 22.0 Å². The Morgan fingerprint density at radius 2 is 2.05 bits per heavy atom. The molecule has 1 saturated carbocycles. The van der Waals surface area contributed by atoms with E-state index in [9.17, 15) is 19.7 Å². The monoisotopic (exact) mass is 331 g/mol. The average molecular weight is 331 g/mol. The van der Waals surface area contributed by atoms with Gasteiger partial charge in [0.2, 0.25) is 5.91 Å². The Morgan fingerprint density at radius 1 is 1.36 bits per heavy atom. The predicted octanol–water partition coefficient (Wildman–Crippen LogP) is 1.33. The Kier molecular flexibility index (Phi) is 6.29. The maximum Gasteiger partial charge on any atom is 0.294 e. The van der Waals surface area contributed by atoms with Crippen molar-refractivity contribution in [3.05, 3.63) is 10.1 Å². The molecule has 1 heterocycles. The Morgan fingerprint density at radius 3 is 2.64 bits per heavy atom. The van der Waals surface area contributed by atoms with Crippen molar-refractivity contribution < 1.29 is 19.5 Å². The lowest BCUT2D eigenvalue weighted by atomic mass is 9.80. The van der Waals surface area contributed by atoms with Crippen LogP contribution >= 0.6 is 11.8 Å². The van der Waals surface area contributed by atoms with Gasteiger partial charge in [-0.25, -0.2) is 0 Å². The number of thioether (sulfide) groups is 1. The van der Waals surface area contributed by atoms with Gasteiger partial charge in [-0.2, -0.15) is 0 Å². The van der Waals surface area contributed by atoms with Crippen LogP contribution in [0.2, 0.25) is 0 Å². The molecule has 2 N–H and O–H groups in total. The fourth-order valence-electron chi connectivity index (χ4n) is 2.91. The van der Waals surface area contributed by atoms with Crippen LogP contribution in [0.3, 0.4) is 0 Å². The number of carbonyl (C=O) groups is 2. The van der Waals surface area contributed by atoms with Gasteiger partial charge in [0.1, 0.15) is 6.04 Å². The van der Waals surface area contributed by atoms with Crippen LogP contribution in [0.5, 0.6) is 0 Å². The molecule has 1 aliphatic heterocycles. The maximum absolute atomic E-state index is 11.9. The summed E-state index contributed by atoms with van der Waals surface area (Å²) in [4.78, 5) is 37.4. The van der Waals surface area contributed by atoms with E-state index < -0.39 is 11.1 Å². The smallest absolute Gasteiger partial charge is 0.294 e. The van der Waals surface area contributed by atoms with Crippen LogP contribution in [-0.4, -0.2) is 41.2 Å². The van der Waals surface area contributed by atoms with Gasteiger partial charge in [-0.1, -0.05) is 24.6 Å². The molecule has 1 atom stereocenters. The van der Waals surface area contributed by atoms with Crippen molar-refractivity contribution in [1.82, 2.24) is 10.6 Å². The van der Waals surface area contributed by atoms with E-state index in [1.165, 1.54) is 0 Å². The molecule has 8 nitrogen and oxygen atoms in total. The number of nitrogens with one attached hydrogen (secondary N) is 2. The molecule has 2 fully saturated rings. The first-order valence-corrected chi connectivity index (χ1v) is 8.51. The van der Waals surface area contributed by atoms with Gasteiger partial charge in [0.25, 0.3) is 10.3 Å². The topological polar surface area (TPSA) is 111 Å². The summed E-state index contributed by atoms with van der Waals surface area (Å²) in [5, 5.41) is 14.7. The normalized spacial score (nSPS) is 28.0. The molecule has 9 heteroatoms. The molecular formula is C13H21N3O5S. The van der Waals surface area contributed by atoms with Gasteiger partial charge >= 0.3 is 0 Å². The number of carbonyl (C=O) groups excluding carboxylic acids is 2. The zero-order valence-electron chi connectivity index (χ0n) is 12.3. The molecule has 1 unspecified atom stereocenters. The van der Waals surface area contributed by atoms with E-state index in [1.807, 2.05) is 0 Å². The van der Waals surface area contributed by atoms with Crippen LogP contribution < -0.4 is 10.6 Å². The second-order valence-corrected chi connectivity index (χ2v) is 6.77. The Hall–Kier alpha value is -1.51. The van der Waals surface area contributed by atoms with Crippen molar-refractivity contribution in [2.75, 3.05) is 18.9 Å². The van der Waals surface area contributed by atoms with E-state index in [2.05, 4.69) is 15.5 Å². The Balaban J connectivity index is 1.58. The van der Waals surface area contributed by atoms with E-state index in [0.717, 1.165) is 37.4 Å². The first-order valence-electron chi connectivity index (χ1n) is 7.53. The van der Waals surface area contributed by atoms with Gasteiger partial charge in [-0.05, 0) is 31.1 Å². The molecule has 124 valence electrons. The van der Waals surface area contributed by atoms with Crippen molar-refractivity contribution in [3.8, 4) is 0 Å². The largest absolute Gasteiger partial charge is 0.354 e. The summed E-state index contributed by atoms with van der Waals surface area (Å²) in [5.74, 6) is 1.30. The quantitative estimate of drug-likeness (QED) is 0.538. The molecule has 0 radical (unpaired) electrons. The van der Waals surface area contributed by atoms with Crippen LogP contribution in [-0.2, 0) is 9.63 Å².